The van der Waals surface area contributed by atoms with E-state index >= 15 is 0 Å². The fraction of sp³-hybridized carbons (Fsp3) is 0.238. The number of nitrogen functional groups attached to an aromatic ring is 1. The van der Waals surface area contributed by atoms with Gasteiger partial charge in [-0.3, -0.25) is 14.3 Å². The molecule has 2 aromatic heterocycles. The molecule has 12 heteroatoms. The number of ether oxygens (including phenoxy) is 1. The Balaban J connectivity index is 1.66. The van der Waals surface area contributed by atoms with Crippen LogP contribution >= 0.6 is 0 Å². The van der Waals surface area contributed by atoms with Crippen molar-refractivity contribution in [2.45, 2.75) is 12.2 Å². The molecule has 1 aromatic carbocycles. The van der Waals surface area contributed by atoms with Crippen molar-refractivity contribution >= 4 is 29.0 Å². The summed E-state index contributed by atoms with van der Waals surface area (Å²) in [6, 6.07) is 6.82. The molecule has 0 aliphatic carbocycles. The smallest absolute Gasteiger partial charge is 0.384 e. The molecule has 1 unspecified atom stereocenters. The van der Waals surface area contributed by atoms with E-state index in [9.17, 15) is 22.8 Å². The van der Waals surface area contributed by atoms with Gasteiger partial charge in [-0.15, -0.1) is 0 Å². The molecule has 4 rings (SSSR count). The number of carbonyl (C=O) groups excluding carboxylic acids is 2. The zero-order valence-corrected chi connectivity index (χ0v) is 17.3. The number of alkyl halides is 3. The number of nitrogens with zero attached hydrogens (tertiary/aromatic N) is 4. The molecular weight excluding hydrogens is 441 g/mol. The number of benzene rings is 1. The summed E-state index contributed by atoms with van der Waals surface area (Å²) in [7, 11) is 1.48. The molecule has 0 saturated carbocycles. The van der Waals surface area contributed by atoms with Crippen molar-refractivity contribution in [2.75, 3.05) is 36.2 Å². The minimum absolute atomic E-state index is 0.0833. The van der Waals surface area contributed by atoms with Crippen LogP contribution in [0.25, 0.3) is 0 Å². The Bertz CT molecular complexity index is 1180. The summed E-state index contributed by atoms with van der Waals surface area (Å²) < 4.78 is 45.5. The molecule has 9 nitrogen and oxygen atoms in total. The number of aromatic nitrogens is 3. The number of pyridine rings is 1. The highest BCUT2D eigenvalue weighted by atomic mass is 19.4. The van der Waals surface area contributed by atoms with Crippen molar-refractivity contribution in [3.8, 4) is 0 Å². The summed E-state index contributed by atoms with van der Waals surface area (Å²) in [5.74, 6) is -0.800. The van der Waals surface area contributed by atoms with Crippen LogP contribution in [0.5, 0.6) is 0 Å². The zero-order chi connectivity index (χ0) is 23.8. The summed E-state index contributed by atoms with van der Waals surface area (Å²) >= 11 is 0. The van der Waals surface area contributed by atoms with Gasteiger partial charge in [-0.1, -0.05) is 0 Å². The Morgan fingerprint density at radius 3 is 2.55 bits per heavy atom. The zero-order valence-electron chi connectivity index (χ0n) is 17.3. The molecule has 1 aliphatic rings. The summed E-state index contributed by atoms with van der Waals surface area (Å²) in [5, 5.41) is 6.87. The standard InChI is InChI=1S/C21H19F3N6O3/c1-33-11-15-10-29(14-5-3-13(4-6-14)21(22,23)24)20(32)18-16(9-27-30(15)18)28-19(31)12-2-7-17(25)26-8-12/h2-9,15H,10-11H2,1H3,(H2,25,26)(H,28,31). The van der Waals surface area contributed by atoms with Crippen molar-refractivity contribution in [1.29, 1.82) is 0 Å². The quantitative estimate of drug-likeness (QED) is 0.605. The summed E-state index contributed by atoms with van der Waals surface area (Å²) in [5.41, 5.74) is 5.46. The van der Waals surface area contributed by atoms with Gasteiger partial charge in [0.25, 0.3) is 11.8 Å². The van der Waals surface area contributed by atoms with Crippen LogP contribution in [0.1, 0.15) is 32.5 Å². The van der Waals surface area contributed by atoms with Crippen LogP contribution in [-0.4, -0.2) is 46.8 Å². The predicted molar refractivity (Wildman–Crippen MR) is 113 cm³/mol. The second-order valence-electron chi connectivity index (χ2n) is 7.35. The van der Waals surface area contributed by atoms with E-state index in [1.165, 1.54) is 53.4 Å². The first kappa shape index (κ1) is 22.3. The van der Waals surface area contributed by atoms with Crippen molar-refractivity contribution in [2.24, 2.45) is 0 Å². The van der Waals surface area contributed by atoms with Crippen molar-refractivity contribution in [1.82, 2.24) is 14.8 Å². The maximum absolute atomic E-state index is 13.3. The van der Waals surface area contributed by atoms with Gasteiger partial charge in [-0.2, -0.15) is 18.3 Å². The average molecular weight is 460 g/mol. The van der Waals surface area contributed by atoms with E-state index < -0.39 is 29.6 Å². The van der Waals surface area contributed by atoms with E-state index in [4.69, 9.17) is 10.5 Å². The highest BCUT2D eigenvalue weighted by Gasteiger charge is 2.36. The highest BCUT2D eigenvalue weighted by Crippen LogP contribution is 2.34. The second kappa shape index (κ2) is 8.54. The third-order valence-corrected chi connectivity index (χ3v) is 5.14. The molecular formula is C21H19F3N6O3. The van der Waals surface area contributed by atoms with Gasteiger partial charge in [0.05, 0.1) is 42.2 Å². The summed E-state index contributed by atoms with van der Waals surface area (Å²) in [6.45, 7) is 0.316. The largest absolute Gasteiger partial charge is 0.416 e. The monoisotopic (exact) mass is 460 g/mol. The number of halogens is 3. The topological polar surface area (TPSA) is 115 Å². The van der Waals surface area contributed by atoms with Crippen LogP contribution < -0.4 is 16.0 Å². The Hall–Kier alpha value is -3.93. The van der Waals surface area contributed by atoms with E-state index in [-0.39, 0.29) is 41.6 Å². The number of rotatable bonds is 5. The molecule has 0 spiro atoms. The molecule has 0 fully saturated rings. The van der Waals surface area contributed by atoms with Gasteiger partial charge in [0.2, 0.25) is 0 Å². The Morgan fingerprint density at radius 2 is 1.94 bits per heavy atom. The van der Waals surface area contributed by atoms with E-state index in [1.807, 2.05) is 0 Å². The number of fused-ring (bicyclic) bond motifs is 1. The number of amides is 2. The number of methoxy groups -OCH3 is 1. The van der Waals surface area contributed by atoms with E-state index in [2.05, 4.69) is 15.4 Å². The molecule has 0 bridgehead atoms. The lowest BCUT2D eigenvalue weighted by atomic mass is 10.1. The Kier molecular flexibility index (Phi) is 5.77. The Morgan fingerprint density at radius 1 is 1.21 bits per heavy atom. The van der Waals surface area contributed by atoms with Crippen LogP contribution in [0.15, 0.2) is 48.8 Å². The maximum atomic E-state index is 13.3. The second-order valence-corrected chi connectivity index (χ2v) is 7.35. The lowest BCUT2D eigenvalue weighted by Crippen LogP contribution is -2.45. The first-order valence-electron chi connectivity index (χ1n) is 9.77. The van der Waals surface area contributed by atoms with Crippen LogP contribution in [0.2, 0.25) is 0 Å². The van der Waals surface area contributed by atoms with Crippen molar-refractivity contribution in [3.05, 3.63) is 65.6 Å². The number of hydrogen-bond acceptors (Lipinski definition) is 6. The van der Waals surface area contributed by atoms with Gasteiger partial charge in [0.15, 0.2) is 5.69 Å². The SMILES string of the molecule is COCC1CN(c2ccc(C(F)(F)F)cc2)C(=O)c2c(NC(=O)c3ccc(N)nc3)cnn21. The van der Waals surface area contributed by atoms with Crippen LogP contribution in [0.3, 0.4) is 0 Å². The molecule has 2 amide bonds. The lowest BCUT2D eigenvalue weighted by Gasteiger charge is -2.33. The van der Waals surface area contributed by atoms with Crippen molar-refractivity contribution in [3.63, 3.8) is 0 Å². The van der Waals surface area contributed by atoms with Gasteiger partial charge in [0, 0.05) is 19.0 Å². The molecule has 3 N–H and O–H groups in total. The Labute approximate surface area is 186 Å². The fourth-order valence-electron chi connectivity index (χ4n) is 3.55. The number of anilines is 3. The molecule has 1 atom stereocenters. The van der Waals surface area contributed by atoms with E-state index in [0.717, 1.165) is 12.1 Å². The number of nitrogens with one attached hydrogen (secondary N) is 1. The van der Waals surface area contributed by atoms with Gasteiger partial charge < -0.3 is 20.7 Å². The third-order valence-electron chi connectivity index (χ3n) is 5.14. The van der Waals surface area contributed by atoms with E-state index in [1.54, 1.807) is 0 Å². The van der Waals surface area contributed by atoms with Crippen molar-refractivity contribution < 1.29 is 27.5 Å². The van der Waals surface area contributed by atoms with Gasteiger partial charge in [-0.25, -0.2) is 4.98 Å². The van der Waals surface area contributed by atoms with Crippen LogP contribution in [0, 0.1) is 0 Å². The normalized spacial score (nSPS) is 15.9. The van der Waals surface area contributed by atoms with Gasteiger partial charge >= 0.3 is 6.18 Å². The molecule has 0 radical (unpaired) electrons. The highest BCUT2D eigenvalue weighted by molar-refractivity contribution is 6.13. The molecule has 172 valence electrons. The first-order valence-corrected chi connectivity index (χ1v) is 9.77. The fourth-order valence-corrected chi connectivity index (χ4v) is 3.55. The molecule has 3 aromatic rings. The van der Waals surface area contributed by atoms with E-state index in [0.29, 0.717) is 0 Å². The molecule has 1 aliphatic heterocycles. The minimum Gasteiger partial charge on any atom is -0.384 e. The maximum Gasteiger partial charge on any atom is 0.416 e. The number of carbonyl (C=O) groups is 2. The third kappa shape index (κ3) is 4.37. The van der Waals surface area contributed by atoms with Crippen LogP contribution in [-0.2, 0) is 10.9 Å². The summed E-state index contributed by atoms with van der Waals surface area (Å²) in [4.78, 5) is 31.1. The molecule has 33 heavy (non-hydrogen) atoms. The number of hydrogen-bond donors (Lipinski definition) is 2. The van der Waals surface area contributed by atoms with Gasteiger partial charge in [-0.05, 0) is 36.4 Å². The first-order chi connectivity index (χ1) is 15.7. The van der Waals surface area contributed by atoms with Crippen LogP contribution in [0.4, 0.5) is 30.4 Å². The molecule has 3 heterocycles. The summed E-state index contributed by atoms with van der Waals surface area (Å²) in [6.07, 6.45) is -1.85. The van der Waals surface area contributed by atoms with Gasteiger partial charge in [0.1, 0.15) is 5.82 Å². The predicted octanol–water partition coefficient (Wildman–Crippen LogP) is 2.98. The minimum atomic E-state index is -4.49. The molecule has 0 saturated heterocycles. The average Bonchev–Trinajstić information content (AvgIpc) is 3.20. The lowest BCUT2D eigenvalue weighted by molar-refractivity contribution is -0.137. The number of nitrogens with two attached hydrogens (primary N) is 1.